The monoisotopic (exact) mass is 626 g/mol. The van der Waals surface area contributed by atoms with Crippen molar-refractivity contribution in [2.45, 2.75) is 51.9 Å². The number of amides is 1. The number of nitrogens with two attached hydrogens (primary N) is 2. The van der Waals surface area contributed by atoms with Gasteiger partial charge in [-0.05, 0) is 56.3 Å². The van der Waals surface area contributed by atoms with Gasteiger partial charge in [0, 0.05) is 49.8 Å². The number of aliphatic imine (C=N–C) groups is 1. The number of nitrogens with zero attached hydrogens (tertiary/aromatic N) is 4. The van der Waals surface area contributed by atoms with Crippen molar-refractivity contribution in [2.75, 3.05) is 37.4 Å². The smallest absolute Gasteiger partial charge is 0.411 e. The zero-order valence-electron chi connectivity index (χ0n) is 25.5. The number of aliphatic hydroxyl groups excluding tert-OH is 1. The number of hydrogen-bond donors (Lipinski definition) is 5. The van der Waals surface area contributed by atoms with E-state index in [1.165, 1.54) is 18.6 Å². The van der Waals surface area contributed by atoms with E-state index in [9.17, 15) is 4.79 Å². The van der Waals surface area contributed by atoms with Gasteiger partial charge in [-0.2, -0.15) is 0 Å². The number of allylic oxidation sites excluding steroid dienone is 3. The lowest BCUT2D eigenvalue weighted by atomic mass is 9.82. The van der Waals surface area contributed by atoms with Gasteiger partial charge in [-0.1, -0.05) is 37.3 Å². The van der Waals surface area contributed by atoms with Gasteiger partial charge in [0.15, 0.2) is 5.82 Å². The average Bonchev–Trinajstić information content (AvgIpc) is 2.99. The van der Waals surface area contributed by atoms with Crippen molar-refractivity contribution < 1.29 is 19.4 Å². The number of ether oxygens (including phenoxy) is 2. The molecule has 0 aromatic carbocycles. The van der Waals surface area contributed by atoms with E-state index in [4.69, 9.17) is 54.9 Å². The Balaban J connectivity index is 0.00000330. The molecule has 7 N–H and O–H groups in total. The number of rotatable bonds is 11. The highest BCUT2D eigenvalue weighted by Gasteiger charge is 2.30. The highest BCUT2D eigenvalue weighted by molar-refractivity contribution is 6.29. The summed E-state index contributed by atoms with van der Waals surface area (Å²) in [4.78, 5) is 26.7. The van der Waals surface area contributed by atoms with Crippen LogP contribution in [-0.4, -0.2) is 66.3 Å². The number of aliphatic hydroxyl groups is 1. The van der Waals surface area contributed by atoms with Crippen LogP contribution in [0.3, 0.4) is 0 Å². The van der Waals surface area contributed by atoms with E-state index < -0.39 is 17.9 Å². The van der Waals surface area contributed by atoms with Gasteiger partial charge in [0.2, 0.25) is 5.82 Å². The van der Waals surface area contributed by atoms with Gasteiger partial charge in [-0.15, -0.1) is 6.42 Å². The quantitative estimate of drug-likeness (QED) is 0.132. The number of hydrogen-bond acceptors (Lipinski definition) is 11. The molecule has 1 aliphatic carbocycles. The molecule has 2 heterocycles. The lowest BCUT2D eigenvalue weighted by Gasteiger charge is -2.36. The summed E-state index contributed by atoms with van der Waals surface area (Å²) in [6.07, 6.45) is 19.7. The number of nitrogens with one attached hydrogen (secondary N) is 2. The Morgan fingerprint density at radius 1 is 1.32 bits per heavy atom. The Morgan fingerprint density at radius 2 is 2.02 bits per heavy atom. The van der Waals surface area contributed by atoms with Crippen LogP contribution in [0.5, 0.6) is 0 Å². The molecule has 0 saturated heterocycles. The van der Waals surface area contributed by atoms with Crippen LogP contribution < -0.4 is 16.4 Å². The first-order chi connectivity index (χ1) is 21.1. The first kappa shape index (κ1) is 36.0. The Labute approximate surface area is 264 Å². The summed E-state index contributed by atoms with van der Waals surface area (Å²) in [5.41, 5.74) is 12.6. The molecule has 12 nitrogen and oxygen atoms in total. The second kappa shape index (κ2) is 18.5. The van der Waals surface area contributed by atoms with E-state index in [1.807, 2.05) is 0 Å². The highest BCUT2D eigenvalue weighted by Crippen LogP contribution is 2.36. The fourth-order valence-corrected chi connectivity index (χ4v) is 5.21. The van der Waals surface area contributed by atoms with E-state index in [-0.39, 0.29) is 17.6 Å². The summed E-state index contributed by atoms with van der Waals surface area (Å²) in [6.45, 7) is 5.80. The van der Waals surface area contributed by atoms with Crippen LogP contribution in [0.25, 0.3) is 0 Å². The summed E-state index contributed by atoms with van der Waals surface area (Å²) in [5.74, 6) is 3.09. The molecule has 44 heavy (non-hydrogen) atoms. The Hall–Kier alpha value is -4.21. The molecule has 1 aliphatic heterocycles. The Kier molecular flexibility index (Phi) is 15.1. The van der Waals surface area contributed by atoms with Gasteiger partial charge in [0.05, 0.1) is 18.2 Å². The number of carbonyl (C=O) groups excluding carboxylic acids is 1. The molecule has 2 atom stereocenters. The molecule has 1 amide bonds. The third-order valence-electron chi connectivity index (χ3n) is 7.20. The van der Waals surface area contributed by atoms with Crippen molar-refractivity contribution in [2.24, 2.45) is 28.5 Å². The number of carbonyl (C=O) groups is 1. The molecule has 13 heteroatoms. The fraction of sp³-hybridized carbons (Fsp3) is 0.484. The minimum absolute atomic E-state index is 0.0923. The standard InChI is InChI=1S/C30H39ClN8O3.CH4O/c1-4-23(16-36-15-20(3)31)25-26(27(33)38-29(37-25)28(34)42-30(35)40)39(17-21-9-7-19(2)8-10-21)18-22-11-13-41-24(14-22)6-5-12-32;1-2/h1,5-6,12,14-16,19,21-23,32,34H,7-11,13,17-18H2,2-3H3,(H2,35,40)(H2,33,37,38);2H,1H3/b6-5-,20-15+,32-12?,34-28?,36-16?;. The van der Waals surface area contributed by atoms with Gasteiger partial charge < -0.3 is 36.4 Å². The van der Waals surface area contributed by atoms with E-state index in [1.54, 1.807) is 19.1 Å². The van der Waals surface area contributed by atoms with E-state index >= 15 is 0 Å². The number of primary amides is 1. The van der Waals surface area contributed by atoms with E-state index in [0.29, 0.717) is 53.7 Å². The van der Waals surface area contributed by atoms with Gasteiger partial charge in [0.25, 0.3) is 5.90 Å². The second-order valence-electron chi connectivity index (χ2n) is 10.6. The maximum absolute atomic E-state index is 11.3. The molecule has 1 aromatic rings. The van der Waals surface area contributed by atoms with E-state index in [2.05, 4.69) is 38.8 Å². The van der Waals surface area contributed by atoms with Crippen molar-refractivity contribution in [1.29, 1.82) is 10.8 Å². The van der Waals surface area contributed by atoms with Crippen LogP contribution in [-0.2, 0) is 9.47 Å². The summed E-state index contributed by atoms with van der Waals surface area (Å²) >= 11 is 5.96. The van der Waals surface area contributed by atoms with Crippen molar-refractivity contribution >= 4 is 47.5 Å². The molecule has 3 rings (SSSR count). The zero-order valence-corrected chi connectivity index (χ0v) is 26.3. The van der Waals surface area contributed by atoms with Crippen LogP contribution >= 0.6 is 11.6 Å². The third kappa shape index (κ3) is 11.1. The van der Waals surface area contributed by atoms with Crippen molar-refractivity contribution in [1.82, 2.24) is 9.97 Å². The van der Waals surface area contributed by atoms with Gasteiger partial charge in [-0.3, -0.25) is 10.4 Å². The summed E-state index contributed by atoms with van der Waals surface area (Å²) < 4.78 is 10.5. The normalized spacial score (nSPS) is 20.9. The van der Waals surface area contributed by atoms with Gasteiger partial charge in [-0.25, -0.2) is 14.8 Å². The molecule has 0 bridgehead atoms. The Bertz CT molecular complexity index is 1310. The SMILES string of the molecule is C#CC(C=N/C=C(\C)Cl)c1nc(C(=N)OC(N)=O)nc(N)c1N(CC1C=C(/C=C\C=N)OCC1)CC1CCC(C)CC1.CO. The van der Waals surface area contributed by atoms with Crippen molar-refractivity contribution in [3.63, 3.8) is 0 Å². The molecule has 1 fully saturated rings. The van der Waals surface area contributed by atoms with Crippen molar-refractivity contribution in [3.05, 3.63) is 46.7 Å². The van der Waals surface area contributed by atoms with Crippen LogP contribution in [0.2, 0.25) is 0 Å². The minimum Gasteiger partial charge on any atom is -0.494 e. The van der Waals surface area contributed by atoms with Crippen LogP contribution in [0.1, 0.15) is 63.4 Å². The Morgan fingerprint density at radius 3 is 2.64 bits per heavy atom. The molecule has 1 aromatic heterocycles. The van der Waals surface area contributed by atoms with Crippen LogP contribution in [0.15, 0.2) is 40.2 Å². The number of terminal acetylenes is 1. The zero-order chi connectivity index (χ0) is 32.6. The highest BCUT2D eigenvalue weighted by atomic mass is 35.5. The number of nitrogen functional groups attached to an aromatic ring is 1. The van der Waals surface area contributed by atoms with Gasteiger partial charge in [0.1, 0.15) is 11.4 Å². The number of anilines is 2. The third-order valence-corrected chi connectivity index (χ3v) is 7.30. The lowest BCUT2D eigenvalue weighted by molar-refractivity contribution is 0.185. The van der Waals surface area contributed by atoms with Gasteiger partial charge >= 0.3 is 6.09 Å². The summed E-state index contributed by atoms with van der Waals surface area (Å²) in [5, 5.41) is 22.9. The minimum atomic E-state index is -1.17. The molecule has 0 radical (unpaired) electrons. The molecule has 2 unspecified atom stereocenters. The molecule has 2 aliphatic rings. The first-order valence-corrected chi connectivity index (χ1v) is 14.8. The predicted octanol–water partition coefficient (Wildman–Crippen LogP) is 4.73. The topological polar surface area (TPSA) is 197 Å². The molecule has 238 valence electrons. The van der Waals surface area contributed by atoms with Crippen LogP contribution in [0, 0.1) is 40.9 Å². The number of aromatic nitrogens is 2. The first-order valence-electron chi connectivity index (χ1n) is 14.4. The largest absolute Gasteiger partial charge is 0.494 e. The molecular weight excluding hydrogens is 584 g/mol. The maximum Gasteiger partial charge on any atom is 0.411 e. The second-order valence-corrected chi connectivity index (χ2v) is 11.2. The number of halogens is 1. The summed E-state index contributed by atoms with van der Waals surface area (Å²) in [6, 6.07) is 0. The lowest BCUT2D eigenvalue weighted by Crippen LogP contribution is -2.38. The van der Waals surface area contributed by atoms with Crippen LogP contribution in [0.4, 0.5) is 16.3 Å². The van der Waals surface area contributed by atoms with Crippen molar-refractivity contribution in [3.8, 4) is 12.3 Å². The molecular formula is C31H43ClN8O4. The average molecular weight is 627 g/mol. The van der Waals surface area contributed by atoms with E-state index in [0.717, 1.165) is 39.2 Å². The summed E-state index contributed by atoms with van der Waals surface area (Å²) in [7, 11) is 1.00. The predicted molar refractivity (Wildman–Crippen MR) is 175 cm³/mol. The molecule has 0 spiro atoms. The fourth-order valence-electron chi connectivity index (χ4n) is 5.15. The maximum atomic E-state index is 11.3. The molecule has 1 saturated carbocycles.